The van der Waals surface area contributed by atoms with Crippen LogP contribution in [-0.4, -0.2) is 49.2 Å². The van der Waals surface area contributed by atoms with Gasteiger partial charge in [0.15, 0.2) is 0 Å². The molecule has 13 heavy (non-hydrogen) atoms. The first-order valence-corrected chi connectivity index (χ1v) is 4.79. The number of carbonyl (C=O) groups is 1. The monoisotopic (exact) mass is 188 g/mol. The predicted molar refractivity (Wildman–Crippen MR) is 52.5 cm³/mol. The number of aliphatic hydroxyl groups excluding tert-OH is 1. The summed E-state index contributed by atoms with van der Waals surface area (Å²) in [6.07, 6.45) is 1.20. The van der Waals surface area contributed by atoms with Gasteiger partial charge in [-0.25, -0.2) is 0 Å². The van der Waals surface area contributed by atoms with E-state index in [1.54, 1.807) is 4.90 Å². The molecule has 0 aromatic heterocycles. The molecule has 4 heteroatoms. The molecule has 0 aliphatic rings. The fourth-order valence-electron chi connectivity index (χ4n) is 1.11. The van der Waals surface area contributed by atoms with Crippen LogP contribution < -0.4 is 5.32 Å². The molecule has 1 amide bonds. The van der Waals surface area contributed by atoms with Crippen molar-refractivity contribution in [1.82, 2.24) is 10.2 Å². The van der Waals surface area contributed by atoms with Gasteiger partial charge in [-0.05, 0) is 20.4 Å². The van der Waals surface area contributed by atoms with Gasteiger partial charge in [0.05, 0.1) is 0 Å². The molecule has 0 aromatic rings. The SMILES string of the molecule is CCN(CCCO)C(=O)CCNC. The summed E-state index contributed by atoms with van der Waals surface area (Å²) in [5.74, 6) is 0.158. The fourth-order valence-corrected chi connectivity index (χ4v) is 1.11. The second-order valence-electron chi connectivity index (χ2n) is 2.90. The van der Waals surface area contributed by atoms with Crippen LogP contribution in [0.3, 0.4) is 0 Å². The Balaban J connectivity index is 3.71. The molecule has 0 rings (SSSR count). The highest BCUT2D eigenvalue weighted by Gasteiger charge is 2.09. The zero-order valence-electron chi connectivity index (χ0n) is 8.55. The van der Waals surface area contributed by atoms with E-state index in [4.69, 9.17) is 5.11 Å². The van der Waals surface area contributed by atoms with Crippen LogP contribution in [0, 0.1) is 0 Å². The van der Waals surface area contributed by atoms with Crippen LogP contribution in [0.5, 0.6) is 0 Å². The summed E-state index contributed by atoms with van der Waals surface area (Å²) in [6.45, 7) is 4.21. The average Bonchev–Trinajstić information content (AvgIpc) is 2.16. The van der Waals surface area contributed by atoms with Crippen molar-refractivity contribution in [3.05, 3.63) is 0 Å². The molecule has 0 fully saturated rings. The smallest absolute Gasteiger partial charge is 0.223 e. The van der Waals surface area contributed by atoms with E-state index in [0.29, 0.717) is 25.9 Å². The van der Waals surface area contributed by atoms with Crippen molar-refractivity contribution in [2.45, 2.75) is 19.8 Å². The zero-order chi connectivity index (χ0) is 10.1. The van der Waals surface area contributed by atoms with E-state index in [-0.39, 0.29) is 12.5 Å². The Morgan fingerprint density at radius 3 is 2.69 bits per heavy atom. The third-order valence-corrected chi connectivity index (χ3v) is 1.91. The van der Waals surface area contributed by atoms with Gasteiger partial charge in [-0.1, -0.05) is 0 Å². The van der Waals surface area contributed by atoms with Crippen molar-refractivity contribution >= 4 is 5.91 Å². The van der Waals surface area contributed by atoms with Gasteiger partial charge in [0.2, 0.25) is 5.91 Å². The van der Waals surface area contributed by atoms with Gasteiger partial charge in [-0.2, -0.15) is 0 Å². The number of rotatable bonds is 7. The van der Waals surface area contributed by atoms with E-state index in [1.807, 2.05) is 14.0 Å². The normalized spacial score (nSPS) is 10.1. The first-order chi connectivity index (χ1) is 6.26. The van der Waals surface area contributed by atoms with E-state index in [2.05, 4.69) is 5.32 Å². The van der Waals surface area contributed by atoms with Gasteiger partial charge in [0.1, 0.15) is 0 Å². The molecule has 0 aliphatic carbocycles. The van der Waals surface area contributed by atoms with Crippen LogP contribution >= 0.6 is 0 Å². The lowest BCUT2D eigenvalue weighted by Crippen LogP contribution is -2.33. The maximum Gasteiger partial charge on any atom is 0.223 e. The van der Waals surface area contributed by atoms with E-state index >= 15 is 0 Å². The highest BCUT2D eigenvalue weighted by Crippen LogP contribution is 1.95. The highest BCUT2D eigenvalue weighted by atomic mass is 16.3. The van der Waals surface area contributed by atoms with Crippen molar-refractivity contribution in [3.63, 3.8) is 0 Å². The Kier molecular flexibility index (Phi) is 7.63. The van der Waals surface area contributed by atoms with Gasteiger partial charge >= 0.3 is 0 Å². The van der Waals surface area contributed by atoms with Gasteiger partial charge in [0, 0.05) is 32.7 Å². The van der Waals surface area contributed by atoms with E-state index in [1.165, 1.54) is 0 Å². The van der Waals surface area contributed by atoms with Crippen LogP contribution in [-0.2, 0) is 4.79 Å². The summed E-state index contributed by atoms with van der Waals surface area (Å²) in [5, 5.41) is 11.6. The molecule has 78 valence electrons. The van der Waals surface area contributed by atoms with Crippen LogP contribution in [0.2, 0.25) is 0 Å². The first kappa shape index (κ1) is 12.4. The van der Waals surface area contributed by atoms with Gasteiger partial charge in [0.25, 0.3) is 0 Å². The minimum absolute atomic E-state index is 0.149. The third kappa shape index (κ3) is 5.60. The molecule has 0 aromatic carbocycles. The molecule has 4 nitrogen and oxygen atoms in total. The topological polar surface area (TPSA) is 52.6 Å². The van der Waals surface area contributed by atoms with Gasteiger partial charge in [-0.3, -0.25) is 4.79 Å². The van der Waals surface area contributed by atoms with Crippen molar-refractivity contribution in [2.75, 3.05) is 33.3 Å². The molecule has 0 spiro atoms. The van der Waals surface area contributed by atoms with Gasteiger partial charge in [-0.15, -0.1) is 0 Å². The Morgan fingerprint density at radius 1 is 1.54 bits per heavy atom. The molecule has 2 N–H and O–H groups in total. The summed E-state index contributed by atoms with van der Waals surface area (Å²) in [5.41, 5.74) is 0. The summed E-state index contributed by atoms with van der Waals surface area (Å²) < 4.78 is 0. The summed E-state index contributed by atoms with van der Waals surface area (Å²) in [6, 6.07) is 0. The number of aliphatic hydroxyl groups is 1. The predicted octanol–water partition coefficient (Wildman–Crippen LogP) is -0.173. The minimum atomic E-state index is 0.149. The van der Waals surface area contributed by atoms with Crippen molar-refractivity contribution in [3.8, 4) is 0 Å². The number of nitrogens with one attached hydrogen (secondary N) is 1. The minimum Gasteiger partial charge on any atom is -0.396 e. The molecule has 0 saturated heterocycles. The van der Waals surface area contributed by atoms with Crippen LogP contribution in [0.1, 0.15) is 19.8 Å². The van der Waals surface area contributed by atoms with Crippen LogP contribution in [0.15, 0.2) is 0 Å². The largest absolute Gasteiger partial charge is 0.396 e. The molecule has 0 unspecified atom stereocenters. The van der Waals surface area contributed by atoms with Crippen molar-refractivity contribution in [2.24, 2.45) is 0 Å². The van der Waals surface area contributed by atoms with E-state index in [0.717, 1.165) is 6.54 Å². The Labute approximate surface area is 79.9 Å². The molecule has 0 radical (unpaired) electrons. The fraction of sp³-hybridized carbons (Fsp3) is 0.889. The maximum absolute atomic E-state index is 11.4. The zero-order valence-corrected chi connectivity index (χ0v) is 8.55. The second-order valence-corrected chi connectivity index (χ2v) is 2.90. The number of amides is 1. The highest BCUT2D eigenvalue weighted by molar-refractivity contribution is 5.76. The molecular formula is C9H20N2O2. The lowest BCUT2D eigenvalue weighted by molar-refractivity contribution is -0.131. The number of carbonyl (C=O) groups excluding carboxylic acids is 1. The third-order valence-electron chi connectivity index (χ3n) is 1.91. The van der Waals surface area contributed by atoms with Crippen molar-refractivity contribution in [1.29, 1.82) is 0 Å². The first-order valence-electron chi connectivity index (χ1n) is 4.79. The average molecular weight is 188 g/mol. The quantitative estimate of drug-likeness (QED) is 0.583. The Bertz CT molecular complexity index is 140. The Morgan fingerprint density at radius 2 is 2.23 bits per heavy atom. The summed E-state index contributed by atoms with van der Waals surface area (Å²) >= 11 is 0. The second kappa shape index (κ2) is 8.01. The maximum atomic E-state index is 11.4. The molecule has 0 heterocycles. The van der Waals surface area contributed by atoms with Crippen LogP contribution in [0.25, 0.3) is 0 Å². The molecule has 0 atom stereocenters. The van der Waals surface area contributed by atoms with Crippen LogP contribution in [0.4, 0.5) is 0 Å². The number of nitrogens with zero attached hydrogens (tertiary/aromatic N) is 1. The summed E-state index contributed by atoms with van der Waals surface area (Å²) in [7, 11) is 1.83. The molecule has 0 aliphatic heterocycles. The lowest BCUT2D eigenvalue weighted by atomic mass is 10.3. The standard InChI is InChI=1S/C9H20N2O2/c1-3-11(7-4-8-12)9(13)5-6-10-2/h10,12H,3-8H2,1-2H3. The molecule has 0 bridgehead atoms. The number of hydrogen-bond donors (Lipinski definition) is 2. The van der Waals surface area contributed by atoms with E-state index in [9.17, 15) is 4.79 Å². The Hall–Kier alpha value is -0.610. The summed E-state index contributed by atoms with van der Waals surface area (Å²) in [4.78, 5) is 13.2. The van der Waals surface area contributed by atoms with Gasteiger partial charge < -0.3 is 15.3 Å². The lowest BCUT2D eigenvalue weighted by Gasteiger charge is -2.20. The van der Waals surface area contributed by atoms with E-state index < -0.39 is 0 Å². The molecule has 0 saturated carbocycles. The van der Waals surface area contributed by atoms with Crippen molar-refractivity contribution < 1.29 is 9.90 Å². The molecular weight excluding hydrogens is 168 g/mol. The number of hydrogen-bond acceptors (Lipinski definition) is 3.